The maximum Gasteiger partial charge on any atom is 0.337 e. The molecule has 0 aliphatic heterocycles. The smallest absolute Gasteiger partial charge is 0.337 e. The number of amides is 1. The maximum absolute atomic E-state index is 12.1. The molecule has 0 unspecified atom stereocenters. The lowest BCUT2D eigenvalue weighted by Gasteiger charge is -2.34. The van der Waals surface area contributed by atoms with E-state index in [4.69, 9.17) is 5.11 Å². The summed E-state index contributed by atoms with van der Waals surface area (Å²) >= 11 is 0. The van der Waals surface area contributed by atoms with Gasteiger partial charge < -0.3 is 10.0 Å². The van der Waals surface area contributed by atoms with Crippen LogP contribution in [0.25, 0.3) is 0 Å². The molecule has 1 aliphatic carbocycles. The van der Waals surface area contributed by atoms with Crippen molar-refractivity contribution in [1.82, 2.24) is 9.88 Å². The van der Waals surface area contributed by atoms with Gasteiger partial charge in [-0.15, -0.1) is 0 Å². The summed E-state index contributed by atoms with van der Waals surface area (Å²) in [6.45, 7) is 1.60. The van der Waals surface area contributed by atoms with Crippen molar-refractivity contribution in [2.75, 3.05) is 7.05 Å². The van der Waals surface area contributed by atoms with Crippen LogP contribution in [0.1, 0.15) is 45.8 Å². The Labute approximate surface area is 105 Å². The van der Waals surface area contributed by atoms with Crippen LogP contribution in [0, 0.1) is 6.92 Å². The summed E-state index contributed by atoms with van der Waals surface area (Å²) in [5.41, 5.74) is 0.820. The average molecular weight is 248 g/mol. The molecule has 0 atom stereocenters. The second-order valence-electron chi connectivity index (χ2n) is 4.64. The zero-order valence-electron chi connectivity index (χ0n) is 10.5. The number of hydrogen-bond donors (Lipinski definition) is 1. The second kappa shape index (κ2) is 4.76. The van der Waals surface area contributed by atoms with E-state index >= 15 is 0 Å². The SMILES string of the molecule is Cc1nc(C(=O)N(C)C2CCC2)ccc1C(=O)O. The molecule has 96 valence electrons. The zero-order chi connectivity index (χ0) is 13.3. The van der Waals surface area contributed by atoms with Crippen LogP contribution in [-0.2, 0) is 0 Å². The Kier molecular flexibility index (Phi) is 3.32. The van der Waals surface area contributed by atoms with Gasteiger partial charge in [0.05, 0.1) is 11.3 Å². The number of carbonyl (C=O) groups excluding carboxylic acids is 1. The minimum atomic E-state index is -1.02. The van der Waals surface area contributed by atoms with Gasteiger partial charge in [0.25, 0.3) is 5.91 Å². The molecule has 5 nitrogen and oxygen atoms in total. The normalized spacial score (nSPS) is 15.0. The van der Waals surface area contributed by atoms with Gasteiger partial charge in [0.15, 0.2) is 0 Å². The van der Waals surface area contributed by atoms with Crippen molar-refractivity contribution in [2.45, 2.75) is 32.2 Å². The van der Waals surface area contributed by atoms with Crippen LogP contribution in [0.3, 0.4) is 0 Å². The van der Waals surface area contributed by atoms with Crippen LogP contribution < -0.4 is 0 Å². The lowest BCUT2D eigenvalue weighted by atomic mass is 9.91. The maximum atomic E-state index is 12.1. The summed E-state index contributed by atoms with van der Waals surface area (Å²) in [6, 6.07) is 3.22. The summed E-state index contributed by atoms with van der Waals surface area (Å²) in [7, 11) is 1.77. The summed E-state index contributed by atoms with van der Waals surface area (Å²) in [4.78, 5) is 28.8. The van der Waals surface area contributed by atoms with Gasteiger partial charge in [0.2, 0.25) is 0 Å². The van der Waals surface area contributed by atoms with E-state index in [2.05, 4.69) is 4.98 Å². The molecule has 0 saturated heterocycles. The highest BCUT2D eigenvalue weighted by molar-refractivity contribution is 5.94. The topological polar surface area (TPSA) is 70.5 Å². The number of hydrogen-bond acceptors (Lipinski definition) is 3. The van der Waals surface area contributed by atoms with Crippen molar-refractivity contribution in [1.29, 1.82) is 0 Å². The number of aromatic carboxylic acids is 1. The van der Waals surface area contributed by atoms with E-state index in [-0.39, 0.29) is 11.5 Å². The van der Waals surface area contributed by atoms with Crippen LogP contribution in [-0.4, -0.2) is 40.0 Å². The highest BCUT2D eigenvalue weighted by Crippen LogP contribution is 2.24. The molecule has 2 rings (SSSR count). The van der Waals surface area contributed by atoms with Crippen molar-refractivity contribution in [2.24, 2.45) is 0 Å². The molecule has 1 fully saturated rings. The summed E-state index contributed by atoms with van der Waals surface area (Å²) in [5, 5.41) is 8.90. The van der Waals surface area contributed by atoms with Crippen molar-refractivity contribution >= 4 is 11.9 Å². The monoisotopic (exact) mass is 248 g/mol. The molecule has 5 heteroatoms. The predicted molar refractivity (Wildman–Crippen MR) is 65.7 cm³/mol. The highest BCUT2D eigenvalue weighted by Gasteiger charge is 2.27. The first-order chi connectivity index (χ1) is 8.50. The molecule has 1 saturated carbocycles. The lowest BCUT2D eigenvalue weighted by molar-refractivity contribution is 0.0641. The first kappa shape index (κ1) is 12.5. The van der Waals surface area contributed by atoms with E-state index in [0.717, 1.165) is 19.3 Å². The molecule has 1 amide bonds. The molecule has 1 N–H and O–H groups in total. The van der Waals surface area contributed by atoms with Gasteiger partial charge in [-0.2, -0.15) is 0 Å². The fourth-order valence-corrected chi connectivity index (χ4v) is 2.03. The largest absolute Gasteiger partial charge is 0.478 e. The number of rotatable bonds is 3. The van der Waals surface area contributed by atoms with Crippen LogP contribution in [0.4, 0.5) is 0 Å². The molecule has 0 bridgehead atoms. The van der Waals surface area contributed by atoms with Crippen LogP contribution in [0.15, 0.2) is 12.1 Å². The van der Waals surface area contributed by atoms with Crippen molar-refractivity contribution in [3.05, 3.63) is 29.1 Å². The molecule has 0 radical (unpaired) electrons. The minimum Gasteiger partial charge on any atom is -0.478 e. The Morgan fingerprint density at radius 2 is 2.06 bits per heavy atom. The third-order valence-electron chi connectivity index (χ3n) is 3.48. The van der Waals surface area contributed by atoms with Gasteiger partial charge in [0, 0.05) is 13.1 Å². The van der Waals surface area contributed by atoms with Gasteiger partial charge in [-0.3, -0.25) is 4.79 Å². The molecular formula is C13H16N2O3. The predicted octanol–water partition coefficient (Wildman–Crippen LogP) is 1.71. The van der Waals surface area contributed by atoms with Crippen molar-refractivity contribution in [3.63, 3.8) is 0 Å². The number of carboxylic acid groups (broad SMARTS) is 1. The quantitative estimate of drug-likeness (QED) is 0.884. The van der Waals surface area contributed by atoms with E-state index < -0.39 is 5.97 Å². The first-order valence-electron chi connectivity index (χ1n) is 5.99. The molecule has 1 heterocycles. The van der Waals surface area contributed by atoms with Gasteiger partial charge >= 0.3 is 5.97 Å². The van der Waals surface area contributed by atoms with E-state index in [1.165, 1.54) is 12.1 Å². The van der Waals surface area contributed by atoms with E-state index in [1.807, 2.05) is 0 Å². The molecular weight excluding hydrogens is 232 g/mol. The third kappa shape index (κ3) is 2.20. The molecule has 1 aromatic heterocycles. The third-order valence-corrected chi connectivity index (χ3v) is 3.48. The molecule has 0 aromatic carbocycles. The Hall–Kier alpha value is -1.91. The number of aryl methyl sites for hydroxylation is 1. The minimum absolute atomic E-state index is 0.137. The van der Waals surface area contributed by atoms with Crippen LogP contribution in [0.2, 0.25) is 0 Å². The standard InChI is InChI=1S/C13H16N2O3/c1-8-10(13(17)18)6-7-11(14-8)12(16)15(2)9-4-3-5-9/h6-7,9H,3-5H2,1-2H3,(H,17,18). The summed E-state index contributed by atoms with van der Waals surface area (Å²) < 4.78 is 0. The second-order valence-corrected chi connectivity index (χ2v) is 4.64. The zero-order valence-corrected chi connectivity index (χ0v) is 10.5. The summed E-state index contributed by atoms with van der Waals surface area (Å²) in [5.74, 6) is -1.16. The Balaban J connectivity index is 2.20. The summed E-state index contributed by atoms with van der Waals surface area (Å²) in [6.07, 6.45) is 3.23. The van der Waals surface area contributed by atoms with E-state index in [9.17, 15) is 9.59 Å². The molecule has 1 aromatic rings. The van der Waals surface area contributed by atoms with Crippen LogP contribution in [0.5, 0.6) is 0 Å². The van der Waals surface area contributed by atoms with Crippen molar-refractivity contribution in [3.8, 4) is 0 Å². The Bertz CT molecular complexity index is 495. The Morgan fingerprint density at radius 1 is 1.39 bits per heavy atom. The van der Waals surface area contributed by atoms with Gasteiger partial charge in [0.1, 0.15) is 5.69 Å². The number of carbonyl (C=O) groups is 2. The average Bonchev–Trinajstić information content (AvgIpc) is 2.24. The fourth-order valence-electron chi connectivity index (χ4n) is 2.03. The molecule has 0 spiro atoms. The Morgan fingerprint density at radius 3 is 2.50 bits per heavy atom. The van der Waals surface area contributed by atoms with E-state index in [1.54, 1.807) is 18.9 Å². The number of pyridine rings is 1. The highest BCUT2D eigenvalue weighted by atomic mass is 16.4. The van der Waals surface area contributed by atoms with Crippen LogP contribution >= 0.6 is 0 Å². The number of nitrogens with zero attached hydrogens (tertiary/aromatic N) is 2. The van der Waals surface area contributed by atoms with Gasteiger partial charge in [-0.1, -0.05) is 0 Å². The first-order valence-corrected chi connectivity index (χ1v) is 5.99. The number of aromatic nitrogens is 1. The van der Waals surface area contributed by atoms with Crippen molar-refractivity contribution < 1.29 is 14.7 Å². The number of carboxylic acids is 1. The van der Waals surface area contributed by atoms with E-state index in [0.29, 0.717) is 17.4 Å². The van der Waals surface area contributed by atoms with Gasteiger partial charge in [-0.05, 0) is 38.3 Å². The molecule has 18 heavy (non-hydrogen) atoms. The fraction of sp³-hybridized carbons (Fsp3) is 0.462. The lowest BCUT2D eigenvalue weighted by Crippen LogP contribution is -2.41. The molecule has 1 aliphatic rings. The van der Waals surface area contributed by atoms with Gasteiger partial charge in [-0.25, -0.2) is 9.78 Å².